The van der Waals surface area contributed by atoms with Gasteiger partial charge in [-0.1, -0.05) is 0 Å². The van der Waals surface area contributed by atoms with Crippen molar-refractivity contribution in [2.45, 2.75) is 13.3 Å². The van der Waals surface area contributed by atoms with Crippen LogP contribution in [0.1, 0.15) is 13.3 Å². The second-order valence-electron chi connectivity index (χ2n) is 2.76. The van der Waals surface area contributed by atoms with Crippen LogP contribution in [0.3, 0.4) is 0 Å². The smallest absolute Gasteiger partial charge is 0.337 e. The third kappa shape index (κ3) is 1.69. The molecule has 5 nitrogen and oxygen atoms in total. The summed E-state index contributed by atoms with van der Waals surface area (Å²) in [6.07, 6.45) is 0.167. The van der Waals surface area contributed by atoms with Crippen molar-refractivity contribution in [3.05, 3.63) is 22.8 Å². The van der Waals surface area contributed by atoms with E-state index in [1.807, 2.05) is 6.07 Å². The molecule has 5 heteroatoms. The maximum atomic E-state index is 11.2. The van der Waals surface area contributed by atoms with Gasteiger partial charge in [0.2, 0.25) is 5.88 Å². The van der Waals surface area contributed by atoms with Crippen LogP contribution in [-0.2, 0) is 14.3 Å². The van der Waals surface area contributed by atoms with Crippen LogP contribution in [0.15, 0.2) is 22.8 Å². The minimum absolute atomic E-state index is 0.0534. The Kier molecular flexibility index (Phi) is 2.77. The zero-order chi connectivity index (χ0) is 10.7. The largest absolute Gasteiger partial charge is 0.466 e. The first-order valence-corrected chi connectivity index (χ1v) is 3.94. The quantitative estimate of drug-likeness (QED) is 0.616. The van der Waals surface area contributed by atoms with E-state index in [1.54, 1.807) is 6.92 Å². The summed E-state index contributed by atoms with van der Waals surface area (Å²) in [6.45, 7) is 1.60. The van der Waals surface area contributed by atoms with Gasteiger partial charge in [-0.2, -0.15) is 5.26 Å². The predicted octanol–water partition coefficient (Wildman–Crippen LogP) is 0.548. The van der Waals surface area contributed by atoms with Gasteiger partial charge in [0, 0.05) is 6.42 Å². The lowest BCUT2D eigenvalue weighted by Crippen LogP contribution is -2.17. The first kappa shape index (κ1) is 10.1. The molecule has 0 aromatic rings. The van der Waals surface area contributed by atoms with E-state index in [-0.39, 0.29) is 17.9 Å². The van der Waals surface area contributed by atoms with E-state index in [0.29, 0.717) is 11.3 Å². The van der Waals surface area contributed by atoms with Crippen molar-refractivity contribution in [3.63, 3.8) is 0 Å². The van der Waals surface area contributed by atoms with E-state index in [2.05, 4.69) is 4.74 Å². The molecule has 0 amide bonds. The summed E-state index contributed by atoms with van der Waals surface area (Å²) in [5.41, 5.74) is 6.01. The fraction of sp³-hybridized carbons (Fsp3) is 0.333. The second-order valence-corrected chi connectivity index (χ2v) is 2.76. The first-order chi connectivity index (χ1) is 6.60. The summed E-state index contributed by atoms with van der Waals surface area (Å²) in [6, 6.07) is 1.87. The van der Waals surface area contributed by atoms with Gasteiger partial charge in [0.15, 0.2) is 0 Å². The molecule has 2 N–H and O–H groups in total. The summed E-state index contributed by atoms with van der Waals surface area (Å²) < 4.78 is 9.58. The number of nitrogens with two attached hydrogens (primary N) is 1. The molecule has 0 bridgehead atoms. The van der Waals surface area contributed by atoms with E-state index in [4.69, 9.17) is 15.7 Å². The minimum atomic E-state index is -0.497. The number of ether oxygens (including phenoxy) is 2. The normalized spacial score (nSPS) is 16.1. The molecular formula is C9H10N2O3. The lowest BCUT2D eigenvalue weighted by Gasteiger charge is -2.17. The highest BCUT2D eigenvalue weighted by molar-refractivity contribution is 5.89. The van der Waals surface area contributed by atoms with Crippen molar-refractivity contribution in [1.82, 2.24) is 0 Å². The minimum Gasteiger partial charge on any atom is -0.466 e. The molecule has 1 rings (SSSR count). The fourth-order valence-corrected chi connectivity index (χ4v) is 1.11. The van der Waals surface area contributed by atoms with Crippen molar-refractivity contribution in [2.75, 3.05) is 7.11 Å². The molecule has 0 unspecified atom stereocenters. The predicted molar refractivity (Wildman–Crippen MR) is 47.2 cm³/mol. The average molecular weight is 194 g/mol. The fourth-order valence-electron chi connectivity index (χ4n) is 1.11. The number of methoxy groups -OCH3 is 1. The Morgan fingerprint density at radius 3 is 2.86 bits per heavy atom. The number of hydrogen-bond donors (Lipinski definition) is 1. The van der Waals surface area contributed by atoms with Crippen molar-refractivity contribution >= 4 is 5.97 Å². The summed E-state index contributed by atoms with van der Waals surface area (Å²) in [5, 5.41) is 8.68. The molecule has 14 heavy (non-hydrogen) atoms. The van der Waals surface area contributed by atoms with Gasteiger partial charge >= 0.3 is 5.97 Å². The molecule has 0 radical (unpaired) electrons. The summed E-state index contributed by atoms with van der Waals surface area (Å²) >= 11 is 0. The molecule has 0 aromatic carbocycles. The number of esters is 1. The Bertz CT molecular complexity index is 374. The molecule has 0 spiro atoms. The van der Waals surface area contributed by atoms with Gasteiger partial charge < -0.3 is 15.2 Å². The monoisotopic (exact) mass is 194 g/mol. The van der Waals surface area contributed by atoms with Crippen LogP contribution in [-0.4, -0.2) is 13.1 Å². The Morgan fingerprint density at radius 2 is 2.36 bits per heavy atom. The van der Waals surface area contributed by atoms with Gasteiger partial charge in [0.1, 0.15) is 11.8 Å². The molecule has 0 saturated heterocycles. The molecule has 1 heterocycles. The van der Waals surface area contributed by atoms with E-state index in [1.165, 1.54) is 7.11 Å². The number of carbonyl (C=O) groups is 1. The maximum absolute atomic E-state index is 11.2. The number of allylic oxidation sites excluding steroid dienone is 2. The average Bonchev–Trinajstić information content (AvgIpc) is 2.17. The SMILES string of the molecule is COC(=O)C1=C(C)OC(N)=C(C#N)C1. The van der Waals surface area contributed by atoms with Gasteiger partial charge in [-0.15, -0.1) is 0 Å². The number of rotatable bonds is 1. The lowest BCUT2D eigenvalue weighted by molar-refractivity contribution is -0.136. The number of nitrogens with zero attached hydrogens (tertiary/aromatic N) is 1. The summed E-state index contributed by atoms with van der Waals surface area (Å²) in [4.78, 5) is 11.2. The highest BCUT2D eigenvalue weighted by atomic mass is 16.5. The van der Waals surface area contributed by atoms with Gasteiger partial charge in [-0.3, -0.25) is 0 Å². The third-order valence-corrected chi connectivity index (χ3v) is 1.91. The molecule has 1 aliphatic rings. The van der Waals surface area contributed by atoms with Gasteiger partial charge in [0.25, 0.3) is 0 Å². The number of nitriles is 1. The van der Waals surface area contributed by atoms with Crippen LogP contribution in [0, 0.1) is 11.3 Å². The van der Waals surface area contributed by atoms with Crippen LogP contribution < -0.4 is 5.73 Å². The van der Waals surface area contributed by atoms with Crippen LogP contribution in [0.4, 0.5) is 0 Å². The Labute approximate surface area is 81.4 Å². The van der Waals surface area contributed by atoms with Crippen LogP contribution in [0.2, 0.25) is 0 Å². The highest BCUT2D eigenvalue weighted by Crippen LogP contribution is 2.25. The van der Waals surface area contributed by atoms with Crippen molar-refractivity contribution in [1.29, 1.82) is 5.26 Å². The van der Waals surface area contributed by atoms with Crippen LogP contribution in [0.25, 0.3) is 0 Å². The van der Waals surface area contributed by atoms with E-state index in [9.17, 15) is 4.79 Å². The Balaban J connectivity index is 2.97. The molecule has 0 aromatic heterocycles. The molecule has 1 aliphatic heterocycles. The molecule has 0 atom stereocenters. The molecule has 0 saturated carbocycles. The maximum Gasteiger partial charge on any atom is 0.337 e. The molecule has 0 aliphatic carbocycles. The van der Waals surface area contributed by atoms with E-state index >= 15 is 0 Å². The first-order valence-electron chi connectivity index (χ1n) is 3.94. The zero-order valence-electron chi connectivity index (χ0n) is 7.96. The highest BCUT2D eigenvalue weighted by Gasteiger charge is 2.23. The zero-order valence-corrected chi connectivity index (χ0v) is 7.96. The van der Waals surface area contributed by atoms with Gasteiger partial charge in [0.05, 0.1) is 18.3 Å². The van der Waals surface area contributed by atoms with Crippen LogP contribution in [0.5, 0.6) is 0 Å². The van der Waals surface area contributed by atoms with E-state index < -0.39 is 5.97 Å². The Morgan fingerprint density at radius 1 is 1.71 bits per heavy atom. The third-order valence-electron chi connectivity index (χ3n) is 1.91. The topological polar surface area (TPSA) is 85.3 Å². The molecular weight excluding hydrogens is 184 g/mol. The van der Waals surface area contributed by atoms with E-state index in [0.717, 1.165) is 0 Å². The lowest BCUT2D eigenvalue weighted by atomic mass is 10.0. The Hall–Kier alpha value is -1.96. The van der Waals surface area contributed by atoms with Crippen molar-refractivity contribution in [3.8, 4) is 6.07 Å². The van der Waals surface area contributed by atoms with Crippen molar-refractivity contribution < 1.29 is 14.3 Å². The van der Waals surface area contributed by atoms with Gasteiger partial charge in [-0.05, 0) is 6.92 Å². The summed E-state index contributed by atoms with van der Waals surface area (Å²) in [7, 11) is 1.27. The number of carbonyl (C=O) groups excluding carboxylic acids is 1. The van der Waals surface area contributed by atoms with Crippen molar-refractivity contribution in [2.24, 2.45) is 5.73 Å². The molecule has 0 fully saturated rings. The van der Waals surface area contributed by atoms with Crippen LogP contribution >= 0.6 is 0 Å². The van der Waals surface area contributed by atoms with Gasteiger partial charge in [-0.25, -0.2) is 4.79 Å². The summed E-state index contributed by atoms with van der Waals surface area (Å²) in [5.74, 6) is -0.0613. The second kappa shape index (κ2) is 3.83. The molecule has 74 valence electrons. The standard InChI is InChI=1S/C9H10N2O3/c1-5-7(9(12)13-2)3-6(4-10)8(11)14-5/h3,11H2,1-2H3. The number of hydrogen-bond acceptors (Lipinski definition) is 5.